The minimum Gasteiger partial charge on any atom is -0.480 e. The van der Waals surface area contributed by atoms with Gasteiger partial charge >= 0.3 is 18.2 Å². The van der Waals surface area contributed by atoms with Gasteiger partial charge in [-0.2, -0.15) is 13.2 Å². The molecule has 3 rings (SSSR count). The van der Waals surface area contributed by atoms with Gasteiger partial charge in [-0.1, -0.05) is 48.5 Å². The zero-order valence-corrected chi connectivity index (χ0v) is 18.1. The van der Waals surface area contributed by atoms with Crippen molar-refractivity contribution in [2.45, 2.75) is 30.6 Å². The number of carboxylic acid groups (broad SMARTS) is 1. The maximum atomic E-state index is 13.5. The number of fused-ring (bicyclic) bond motifs is 3. The highest BCUT2D eigenvalue weighted by Gasteiger charge is 2.47. The van der Waals surface area contributed by atoms with Crippen LogP contribution in [-0.4, -0.2) is 61.7 Å². The fraction of sp³-hybridized carbons (Fsp3) is 0.348. The Morgan fingerprint density at radius 3 is 2.06 bits per heavy atom. The molecule has 8 nitrogen and oxygen atoms in total. The standard InChI is InChI=1S/C23H23F3N2O6/c1-33-11-10-18(21(30)31)27-20(29)19(23(24,25)26)28-22(32)34-12-17-15-8-4-2-6-13(15)14-7-3-5-9-16(14)17/h2-9,17-19H,10-12H2,1H3,(H,27,29)(H,28,32)(H,30,31). The quantitative estimate of drug-likeness (QED) is 0.509. The summed E-state index contributed by atoms with van der Waals surface area (Å²) in [7, 11) is 1.28. The number of alkyl halides is 3. The van der Waals surface area contributed by atoms with Gasteiger partial charge < -0.3 is 25.2 Å². The lowest BCUT2D eigenvalue weighted by Crippen LogP contribution is -2.58. The summed E-state index contributed by atoms with van der Waals surface area (Å²) >= 11 is 0. The van der Waals surface area contributed by atoms with E-state index in [1.807, 2.05) is 48.5 Å². The zero-order chi connectivity index (χ0) is 24.9. The van der Waals surface area contributed by atoms with Gasteiger partial charge in [0.05, 0.1) is 0 Å². The van der Waals surface area contributed by atoms with Gasteiger partial charge in [-0.25, -0.2) is 9.59 Å². The number of hydrogen-bond acceptors (Lipinski definition) is 5. The largest absolute Gasteiger partial charge is 0.480 e. The van der Waals surface area contributed by atoms with Crippen LogP contribution in [-0.2, 0) is 19.1 Å². The van der Waals surface area contributed by atoms with Crippen molar-refractivity contribution in [3.05, 3.63) is 59.7 Å². The molecular weight excluding hydrogens is 457 g/mol. The fourth-order valence-corrected chi connectivity index (χ4v) is 3.80. The lowest BCUT2D eigenvalue weighted by Gasteiger charge is -2.23. The molecule has 0 fully saturated rings. The summed E-state index contributed by atoms with van der Waals surface area (Å²) in [6, 6.07) is 10.2. The Morgan fingerprint density at radius 1 is 1.00 bits per heavy atom. The van der Waals surface area contributed by atoms with E-state index in [1.54, 1.807) is 5.32 Å². The first-order valence-corrected chi connectivity index (χ1v) is 10.3. The lowest BCUT2D eigenvalue weighted by molar-refractivity contribution is -0.169. The van der Waals surface area contributed by atoms with Gasteiger partial charge in [0.2, 0.25) is 6.04 Å². The second-order valence-corrected chi connectivity index (χ2v) is 7.63. The summed E-state index contributed by atoms with van der Waals surface area (Å²) in [5.41, 5.74) is 3.61. The number of benzene rings is 2. The Morgan fingerprint density at radius 2 is 1.56 bits per heavy atom. The molecule has 0 saturated carbocycles. The summed E-state index contributed by atoms with van der Waals surface area (Å²) in [4.78, 5) is 35.6. The minimum atomic E-state index is -5.18. The second kappa shape index (κ2) is 10.6. The molecule has 1 aliphatic carbocycles. The Bertz CT molecular complexity index is 1010. The summed E-state index contributed by atoms with van der Waals surface area (Å²) < 4.78 is 50.2. The molecule has 3 N–H and O–H groups in total. The maximum absolute atomic E-state index is 13.5. The molecule has 0 spiro atoms. The number of methoxy groups -OCH3 is 1. The number of carbonyl (C=O) groups excluding carboxylic acids is 2. The predicted molar refractivity (Wildman–Crippen MR) is 114 cm³/mol. The average molecular weight is 480 g/mol. The maximum Gasteiger partial charge on any atom is 0.417 e. The molecule has 0 radical (unpaired) electrons. The first kappa shape index (κ1) is 25.0. The van der Waals surface area contributed by atoms with E-state index >= 15 is 0 Å². The number of nitrogens with one attached hydrogen (secondary N) is 2. The fourth-order valence-electron chi connectivity index (χ4n) is 3.80. The smallest absolute Gasteiger partial charge is 0.417 e. The van der Waals surface area contributed by atoms with Crippen molar-refractivity contribution in [1.29, 1.82) is 0 Å². The number of amides is 2. The number of rotatable bonds is 9. The molecule has 34 heavy (non-hydrogen) atoms. The number of ether oxygens (including phenoxy) is 2. The van der Waals surface area contributed by atoms with Gasteiger partial charge in [0.25, 0.3) is 5.91 Å². The third-order valence-electron chi connectivity index (χ3n) is 5.42. The summed E-state index contributed by atoms with van der Waals surface area (Å²) in [6.45, 7) is -0.356. The zero-order valence-electron chi connectivity index (χ0n) is 18.1. The van der Waals surface area contributed by atoms with Crippen LogP contribution in [0, 0.1) is 0 Å². The van der Waals surface area contributed by atoms with Crippen LogP contribution < -0.4 is 10.6 Å². The molecule has 2 amide bonds. The SMILES string of the molecule is COCCC(NC(=O)C(NC(=O)OCC1c2ccccc2-c2ccccc21)C(F)(F)F)C(=O)O. The average Bonchev–Trinajstić information content (AvgIpc) is 3.11. The Hall–Kier alpha value is -3.60. The van der Waals surface area contributed by atoms with E-state index in [4.69, 9.17) is 14.6 Å². The third-order valence-corrected chi connectivity index (χ3v) is 5.42. The highest BCUT2D eigenvalue weighted by Crippen LogP contribution is 2.44. The molecule has 2 aromatic carbocycles. The number of hydrogen-bond donors (Lipinski definition) is 3. The normalized spacial score (nSPS) is 14.5. The summed E-state index contributed by atoms with van der Waals surface area (Å²) in [6.07, 6.45) is -6.89. The van der Waals surface area contributed by atoms with E-state index in [9.17, 15) is 27.6 Å². The Balaban J connectivity index is 1.68. The number of carboxylic acids is 1. The molecule has 182 valence electrons. The monoisotopic (exact) mass is 480 g/mol. The number of aliphatic carboxylic acids is 1. The van der Waals surface area contributed by atoms with E-state index in [1.165, 1.54) is 12.4 Å². The molecular formula is C23H23F3N2O6. The molecule has 0 bridgehead atoms. The van der Waals surface area contributed by atoms with E-state index in [0.717, 1.165) is 22.3 Å². The van der Waals surface area contributed by atoms with Crippen LogP contribution >= 0.6 is 0 Å². The topological polar surface area (TPSA) is 114 Å². The molecule has 2 atom stereocenters. The van der Waals surface area contributed by atoms with Crippen molar-refractivity contribution in [2.75, 3.05) is 20.3 Å². The van der Waals surface area contributed by atoms with Crippen LogP contribution in [0.5, 0.6) is 0 Å². The van der Waals surface area contributed by atoms with Crippen LogP contribution in [0.1, 0.15) is 23.5 Å². The van der Waals surface area contributed by atoms with E-state index in [0.29, 0.717) is 0 Å². The Kier molecular flexibility index (Phi) is 7.77. The van der Waals surface area contributed by atoms with E-state index in [2.05, 4.69) is 0 Å². The van der Waals surface area contributed by atoms with Crippen LogP contribution in [0.2, 0.25) is 0 Å². The number of carbonyl (C=O) groups is 3. The molecule has 0 saturated heterocycles. The van der Waals surface area contributed by atoms with E-state index < -0.39 is 36.2 Å². The molecule has 2 unspecified atom stereocenters. The minimum absolute atomic E-state index is 0.103. The predicted octanol–water partition coefficient (Wildman–Crippen LogP) is 3.06. The number of halogens is 3. The highest BCUT2D eigenvalue weighted by molar-refractivity contribution is 5.90. The van der Waals surface area contributed by atoms with Crippen molar-refractivity contribution in [2.24, 2.45) is 0 Å². The highest BCUT2D eigenvalue weighted by atomic mass is 19.4. The van der Waals surface area contributed by atoms with Crippen molar-refractivity contribution >= 4 is 18.0 Å². The van der Waals surface area contributed by atoms with Crippen LogP contribution in [0.15, 0.2) is 48.5 Å². The third kappa shape index (κ3) is 5.66. The van der Waals surface area contributed by atoms with E-state index in [-0.39, 0.29) is 25.6 Å². The van der Waals surface area contributed by atoms with Crippen molar-refractivity contribution < 1.29 is 42.1 Å². The van der Waals surface area contributed by atoms with Crippen LogP contribution in [0.4, 0.5) is 18.0 Å². The summed E-state index contributed by atoms with van der Waals surface area (Å²) in [5, 5.41) is 12.4. The summed E-state index contributed by atoms with van der Waals surface area (Å²) in [5.74, 6) is -3.64. The van der Waals surface area contributed by atoms with Gasteiger partial charge in [0, 0.05) is 26.1 Å². The molecule has 0 aliphatic heterocycles. The lowest BCUT2D eigenvalue weighted by atomic mass is 9.98. The van der Waals surface area contributed by atoms with Crippen molar-refractivity contribution in [1.82, 2.24) is 10.6 Å². The number of alkyl carbamates (subject to hydrolysis) is 1. The van der Waals surface area contributed by atoms with Gasteiger partial charge in [-0.15, -0.1) is 0 Å². The van der Waals surface area contributed by atoms with Crippen LogP contribution in [0.25, 0.3) is 11.1 Å². The molecule has 0 aromatic heterocycles. The molecule has 11 heteroatoms. The second-order valence-electron chi connectivity index (χ2n) is 7.63. The van der Waals surface area contributed by atoms with Crippen LogP contribution in [0.3, 0.4) is 0 Å². The van der Waals surface area contributed by atoms with Crippen molar-refractivity contribution in [3.8, 4) is 11.1 Å². The van der Waals surface area contributed by atoms with Gasteiger partial charge in [-0.3, -0.25) is 4.79 Å². The first-order valence-electron chi connectivity index (χ1n) is 10.3. The van der Waals surface area contributed by atoms with Gasteiger partial charge in [0.1, 0.15) is 12.6 Å². The van der Waals surface area contributed by atoms with Gasteiger partial charge in [0.15, 0.2) is 0 Å². The molecule has 2 aromatic rings. The van der Waals surface area contributed by atoms with Gasteiger partial charge in [-0.05, 0) is 22.3 Å². The Labute approximate surface area is 193 Å². The first-order chi connectivity index (χ1) is 16.1. The van der Waals surface area contributed by atoms with Crippen molar-refractivity contribution in [3.63, 3.8) is 0 Å². The molecule has 1 aliphatic rings. The molecule has 0 heterocycles.